The van der Waals surface area contributed by atoms with Gasteiger partial charge in [0, 0.05) is 22.9 Å². The number of hydrogen-bond acceptors (Lipinski definition) is 1. The van der Waals surface area contributed by atoms with Gasteiger partial charge in [0.2, 0.25) is 0 Å². The quantitative estimate of drug-likeness (QED) is 0.780. The second-order valence-corrected chi connectivity index (χ2v) is 5.90. The van der Waals surface area contributed by atoms with E-state index >= 15 is 0 Å². The lowest BCUT2D eigenvalue weighted by Gasteiger charge is -2.07. The van der Waals surface area contributed by atoms with Crippen molar-refractivity contribution in [3.05, 3.63) is 68.7 Å². The van der Waals surface area contributed by atoms with Crippen molar-refractivity contribution in [3.8, 4) is 0 Å². The van der Waals surface area contributed by atoms with Crippen LogP contribution in [0.3, 0.4) is 0 Å². The molecule has 0 aliphatic carbocycles. The molecule has 0 unspecified atom stereocenters. The molecule has 0 aliphatic heterocycles. The molecule has 3 heteroatoms. The highest BCUT2D eigenvalue weighted by Gasteiger charge is 2.11. The number of carbonyl (C=O) groups excluding carboxylic acids is 1. The van der Waals surface area contributed by atoms with Gasteiger partial charge in [0.15, 0.2) is 0 Å². The normalized spacial score (nSPS) is 10.6. The molecule has 104 valence electrons. The minimum absolute atomic E-state index is 0.116. The zero-order valence-corrected chi connectivity index (χ0v) is 13.1. The Morgan fingerprint density at radius 3 is 2.05 bits per heavy atom. The smallest absolute Gasteiger partial charge is 0.141 e. The maximum absolute atomic E-state index is 12.2. The van der Waals surface area contributed by atoms with Crippen LogP contribution >= 0.6 is 23.2 Å². The van der Waals surface area contributed by atoms with Gasteiger partial charge in [0.1, 0.15) is 5.78 Å². The molecule has 0 saturated heterocycles. The van der Waals surface area contributed by atoms with E-state index in [2.05, 4.69) is 6.07 Å². The fourth-order valence-electron chi connectivity index (χ4n) is 2.36. The zero-order valence-electron chi connectivity index (χ0n) is 11.5. The van der Waals surface area contributed by atoms with E-state index < -0.39 is 0 Å². The lowest BCUT2D eigenvalue weighted by molar-refractivity contribution is -0.117. The van der Waals surface area contributed by atoms with Crippen LogP contribution in [0.5, 0.6) is 0 Å². The van der Waals surface area contributed by atoms with Crippen molar-refractivity contribution in [1.29, 1.82) is 0 Å². The monoisotopic (exact) mass is 306 g/mol. The summed E-state index contributed by atoms with van der Waals surface area (Å²) in [7, 11) is 0. The summed E-state index contributed by atoms with van der Waals surface area (Å²) in [6, 6.07) is 11.5. The van der Waals surface area contributed by atoms with Crippen LogP contribution < -0.4 is 0 Å². The summed E-state index contributed by atoms with van der Waals surface area (Å²) in [5, 5.41) is 1.09. The molecule has 1 nitrogen and oxygen atoms in total. The van der Waals surface area contributed by atoms with Crippen LogP contribution in [0.4, 0.5) is 0 Å². The van der Waals surface area contributed by atoms with Crippen molar-refractivity contribution >= 4 is 29.0 Å². The van der Waals surface area contributed by atoms with Gasteiger partial charge < -0.3 is 0 Å². The van der Waals surface area contributed by atoms with Crippen molar-refractivity contribution in [2.45, 2.75) is 26.7 Å². The largest absolute Gasteiger partial charge is 0.299 e. The van der Waals surface area contributed by atoms with Gasteiger partial charge in [-0.25, -0.2) is 0 Å². The number of halogens is 2. The Hall–Kier alpha value is -1.31. The zero-order chi connectivity index (χ0) is 14.7. The lowest BCUT2D eigenvalue weighted by atomic mass is 10.00. The van der Waals surface area contributed by atoms with Crippen molar-refractivity contribution in [1.82, 2.24) is 0 Å². The summed E-state index contributed by atoms with van der Waals surface area (Å²) in [6.07, 6.45) is 0.676. The first-order chi connectivity index (χ1) is 9.45. The Bertz CT molecular complexity index is 607. The number of benzene rings is 2. The van der Waals surface area contributed by atoms with E-state index in [4.69, 9.17) is 23.2 Å². The van der Waals surface area contributed by atoms with Gasteiger partial charge in [-0.15, -0.1) is 0 Å². The molecule has 0 atom stereocenters. The molecule has 0 aliphatic rings. The number of Topliss-reactive ketones (excluding diaryl/α,β-unsaturated/α-hetero) is 1. The van der Waals surface area contributed by atoms with Crippen molar-refractivity contribution in [2.24, 2.45) is 0 Å². The maximum atomic E-state index is 12.2. The topological polar surface area (TPSA) is 17.1 Å². The third-order valence-corrected chi connectivity index (χ3v) is 3.83. The van der Waals surface area contributed by atoms with Crippen LogP contribution in [-0.2, 0) is 17.6 Å². The van der Waals surface area contributed by atoms with E-state index in [9.17, 15) is 4.79 Å². The Balaban J connectivity index is 2.13. The second-order valence-electron chi connectivity index (χ2n) is 5.09. The molecule has 0 spiro atoms. The summed E-state index contributed by atoms with van der Waals surface area (Å²) in [5.74, 6) is 0.116. The Labute approximate surface area is 129 Å². The van der Waals surface area contributed by atoms with Gasteiger partial charge in [-0.3, -0.25) is 4.79 Å². The Morgan fingerprint density at radius 2 is 1.50 bits per heavy atom. The predicted molar refractivity (Wildman–Crippen MR) is 84.8 cm³/mol. The molecule has 0 amide bonds. The molecule has 2 aromatic rings. The first-order valence-corrected chi connectivity index (χ1v) is 7.23. The third-order valence-electron chi connectivity index (χ3n) is 3.12. The SMILES string of the molecule is Cc1cc(C)cc(CC(=O)Cc2c(Cl)cccc2Cl)c1. The highest BCUT2D eigenvalue weighted by molar-refractivity contribution is 6.36. The second kappa shape index (κ2) is 6.43. The molecule has 0 bridgehead atoms. The van der Waals surface area contributed by atoms with Gasteiger partial charge in [0.25, 0.3) is 0 Å². The molecular formula is C17H16Cl2O. The van der Waals surface area contributed by atoms with Gasteiger partial charge in [0.05, 0.1) is 0 Å². The first kappa shape index (κ1) is 15.1. The number of carbonyl (C=O) groups is 1. The summed E-state index contributed by atoms with van der Waals surface area (Å²) in [6.45, 7) is 4.07. The molecule has 0 saturated carbocycles. The van der Waals surface area contributed by atoms with Crippen LogP contribution in [-0.4, -0.2) is 5.78 Å². The number of aryl methyl sites for hydroxylation is 2. The number of rotatable bonds is 4. The van der Waals surface area contributed by atoms with E-state index in [0.29, 0.717) is 22.0 Å². The molecule has 2 rings (SSSR count). The Kier molecular flexibility index (Phi) is 4.85. The van der Waals surface area contributed by atoms with Crippen molar-refractivity contribution in [2.75, 3.05) is 0 Å². The van der Waals surface area contributed by atoms with E-state index in [1.807, 2.05) is 26.0 Å². The summed E-state index contributed by atoms with van der Waals surface area (Å²) < 4.78 is 0. The fourth-order valence-corrected chi connectivity index (χ4v) is 2.89. The molecule has 0 N–H and O–H groups in total. The van der Waals surface area contributed by atoms with Crippen LogP contribution in [0.15, 0.2) is 36.4 Å². The number of hydrogen-bond donors (Lipinski definition) is 0. The van der Waals surface area contributed by atoms with Crippen LogP contribution in [0.1, 0.15) is 22.3 Å². The molecule has 0 heterocycles. The highest BCUT2D eigenvalue weighted by Crippen LogP contribution is 2.25. The average molecular weight is 307 g/mol. The molecule has 2 aromatic carbocycles. The maximum Gasteiger partial charge on any atom is 0.141 e. The lowest BCUT2D eigenvalue weighted by Crippen LogP contribution is -2.08. The van der Waals surface area contributed by atoms with Crippen molar-refractivity contribution in [3.63, 3.8) is 0 Å². The van der Waals surface area contributed by atoms with Gasteiger partial charge in [-0.1, -0.05) is 58.6 Å². The molecule has 0 fully saturated rings. The molecule has 0 radical (unpaired) electrons. The number of ketones is 1. The van der Waals surface area contributed by atoms with Gasteiger partial charge >= 0.3 is 0 Å². The summed E-state index contributed by atoms with van der Waals surface area (Å²) in [4.78, 5) is 12.2. The summed E-state index contributed by atoms with van der Waals surface area (Å²) >= 11 is 12.2. The van der Waals surface area contributed by atoms with E-state index in [1.54, 1.807) is 18.2 Å². The van der Waals surface area contributed by atoms with Gasteiger partial charge in [-0.2, -0.15) is 0 Å². The molecular weight excluding hydrogens is 291 g/mol. The van der Waals surface area contributed by atoms with Crippen molar-refractivity contribution < 1.29 is 4.79 Å². The minimum atomic E-state index is 0.116. The third kappa shape index (κ3) is 3.84. The molecule has 20 heavy (non-hydrogen) atoms. The first-order valence-electron chi connectivity index (χ1n) is 6.47. The minimum Gasteiger partial charge on any atom is -0.299 e. The fraction of sp³-hybridized carbons (Fsp3) is 0.235. The Morgan fingerprint density at radius 1 is 0.950 bits per heavy atom. The van der Waals surface area contributed by atoms with Crippen LogP contribution in [0.2, 0.25) is 10.0 Å². The van der Waals surface area contributed by atoms with Gasteiger partial charge in [-0.05, 0) is 37.1 Å². The van der Waals surface area contributed by atoms with Crippen LogP contribution in [0.25, 0.3) is 0 Å². The van der Waals surface area contributed by atoms with E-state index in [0.717, 1.165) is 5.56 Å². The predicted octanol–water partition coefficient (Wildman–Crippen LogP) is 4.96. The molecule has 0 aromatic heterocycles. The van der Waals surface area contributed by atoms with E-state index in [-0.39, 0.29) is 12.2 Å². The summed E-state index contributed by atoms with van der Waals surface area (Å²) in [5.41, 5.74) is 4.09. The highest BCUT2D eigenvalue weighted by atomic mass is 35.5. The van der Waals surface area contributed by atoms with Crippen LogP contribution in [0, 0.1) is 13.8 Å². The van der Waals surface area contributed by atoms with E-state index in [1.165, 1.54) is 11.1 Å². The average Bonchev–Trinajstić information content (AvgIpc) is 2.32. The standard InChI is InChI=1S/C17H16Cl2O/c1-11-6-12(2)8-13(7-11)9-14(20)10-15-16(18)4-3-5-17(15)19/h3-8H,9-10H2,1-2H3.